The summed E-state index contributed by atoms with van der Waals surface area (Å²) in [7, 11) is 2.00. The number of fused-ring (bicyclic) bond motifs is 3. The number of aliphatic carboxylic acids is 1. The fourth-order valence-electron chi connectivity index (χ4n) is 4.92. The summed E-state index contributed by atoms with van der Waals surface area (Å²) in [5.41, 5.74) is 3.89. The fraction of sp³-hybridized carbons (Fsp3) is 0.423. The summed E-state index contributed by atoms with van der Waals surface area (Å²) < 4.78 is 5.72. The van der Waals surface area contributed by atoms with Crippen LogP contribution in [-0.2, 0) is 14.3 Å². The Labute approximate surface area is 199 Å². The highest BCUT2D eigenvalue weighted by Gasteiger charge is 2.38. The van der Waals surface area contributed by atoms with Crippen LogP contribution in [0.5, 0.6) is 0 Å². The van der Waals surface area contributed by atoms with Crippen molar-refractivity contribution in [1.82, 2.24) is 15.5 Å². The number of piperidine rings is 1. The molecule has 2 amide bonds. The first kappa shape index (κ1) is 23.8. The molecule has 180 valence electrons. The lowest BCUT2D eigenvalue weighted by Gasteiger charge is -2.40. The third-order valence-corrected chi connectivity index (χ3v) is 6.82. The molecule has 0 unspecified atom stereocenters. The maximum Gasteiger partial charge on any atom is 0.407 e. The summed E-state index contributed by atoms with van der Waals surface area (Å²) in [4.78, 5) is 38.3. The lowest BCUT2D eigenvalue weighted by atomic mass is 9.84. The Bertz CT molecular complexity index is 1020. The molecule has 1 aliphatic heterocycles. The van der Waals surface area contributed by atoms with Gasteiger partial charge in [-0.05, 0) is 42.1 Å². The quantitative estimate of drug-likeness (QED) is 0.553. The third kappa shape index (κ3) is 5.39. The summed E-state index contributed by atoms with van der Waals surface area (Å²) in [5, 5.41) is 14.4. The van der Waals surface area contributed by atoms with Gasteiger partial charge in [-0.25, -0.2) is 4.79 Å². The molecule has 8 heteroatoms. The maximum absolute atomic E-state index is 12.9. The lowest BCUT2D eigenvalue weighted by molar-refractivity contribution is -0.136. The predicted octanol–water partition coefficient (Wildman–Crippen LogP) is 2.97. The first-order chi connectivity index (χ1) is 16.4. The molecule has 2 aromatic carbocycles. The molecule has 0 radical (unpaired) electrons. The molecule has 8 nitrogen and oxygen atoms in total. The van der Waals surface area contributed by atoms with E-state index in [0.29, 0.717) is 12.8 Å². The second-order valence-electron chi connectivity index (χ2n) is 9.20. The van der Waals surface area contributed by atoms with Crippen LogP contribution >= 0.6 is 0 Å². The maximum atomic E-state index is 12.9. The first-order valence-electron chi connectivity index (χ1n) is 11.7. The number of carbonyl (C=O) groups is 3. The molecule has 0 aromatic heterocycles. The van der Waals surface area contributed by atoms with Crippen molar-refractivity contribution in [1.29, 1.82) is 0 Å². The third-order valence-electron chi connectivity index (χ3n) is 6.82. The van der Waals surface area contributed by atoms with E-state index in [2.05, 4.69) is 39.8 Å². The Balaban J connectivity index is 1.40. The van der Waals surface area contributed by atoms with E-state index in [9.17, 15) is 14.4 Å². The molecule has 1 aliphatic carbocycles. The van der Waals surface area contributed by atoms with E-state index in [1.807, 2.05) is 31.3 Å². The number of nitrogens with one attached hydrogen (secondary N) is 2. The number of amides is 2. The predicted molar refractivity (Wildman–Crippen MR) is 128 cm³/mol. The zero-order valence-electron chi connectivity index (χ0n) is 19.4. The van der Waals surface area contributed by atoms with Crippen LogP contribution in [0.25, 0.3) is 11.1 Å². The van der Waals surface area contributed by atoms with Crippen molar-refractivity contribution in [2.75, 3.05) is 33.3 Å². The van der Waals surface area contributed by atoms with E-state index in [4.69, 9.17) is 9.84 Å². The van der Waals surface area contributed by atoms with Gasteiger partial charge in [0.2, 0.25) is 5.91 Å². The number of likely N-dealkylation sites (tertiary alicyclic amines) is 1. The molecule has 4 rings (SSSR count). The molecule has 1 heterocycles. The SMILES string of the molecule is CN1CCC(CC(=O)NCCC(=O)O)(NC(=O)OCC2c3ccccc3-c3ccccc32)CC1. The topological polar surface area (TPSA) is 108 Å². The number of benzene rings is 2. The highest BCUT2D eigenvalue weighted by molar-refractivity contribution is 5.80. The first-order valence-corrected chi connectivity index (χ1v) is 11.7. The number of ether oxygens (including phenoxy) is 1. The van der Waals surface area contributed by atoms with Gasteiger partial charge in [-0.3, -0.25) is 9.59 Å². The van der Waals surface area contributed by atoms with Crippen LogP contribution in [0.4, 0.5) is 4.79 Å². The second-order valence-corrected chi connectivity index (χ2v) is 9.20. The van der Waals surface area contributed by atoms with E-state index >= 15 is 0 Å². The van der Waals surface area contributed by atoms with Crippen molar-refractivity contribution in [3.8, 4) is 11.1 Å². The lowest BCUT2D eigenvalue weighted by Crippen LogP contribution is -2.57. The Hall–Kier alpha value is -3.39. The molecular formula is C26H31N3O5. The van der Waals surface area contributed by atoms with Crippen molar-refractivity contribution in [3.63, 3.8) is 0 Å². The zero-order valence-corrected chi connectivity index (χ0v) is 19.4. The minimum Gasteiger partial charge on any atom is -0.481 e. The monoisotopic (exact) mass is 465 g/mol. The number of alkyl carbamates (subject to hydrolysis) is 1. The van der Waals surface area contributed by atoms with Gasteiger partial charge in [0, 0.05) is 32.0 Å². The van der Waals surface area contributed by atoms with Gasteiger partial charge >= 0.3 is 12.1 Å². The van der Waals surface area contributed by atoms with Gasteiger partial charge in [0.15, 0.2) is 0 Å². The second kappa shape index (κ2) is 10.3. The average molecular weight is 466 g/mol. The number of rotatable bonds is 8. The standard InChI is InChI=1S/C26H31N3O5/c1-29-14-11-26(12-15-29,16-23(30)27-13-10-24(31)32)28-25(33)34-17-22-20-8-4-2-6-18(20)19-7-3-5-9-21(19)22/h2-9,22H,10-17H2,1H3,(H,27,30)(H,28,33)(H,31,32). The minimum absolute atomic E-state index is 0.0362. The Morgan fingerprint density at radius 1 is 1.03 bits per heavy atom. The molecule has 2 aromatic rings. The molecule has 1 saturated heterocycles. The molecule has 0 bridgehead atoms. The van der Waals surface area contributed by atoms with Crippen molar-refractivity contribution in [2.45, 2.75) is 37.1 Å². The van der Waals surface area contributed by atoms with E-state index in [0.717, 1.165) is 35.3 Å². The van der Waals surface area contributed by atoms with E-state index in [1.54, 1.807) is 0 Å². The normalized spacial score (nSPS) is 16.9. The minimum atomic E-state index is -0.967. The Morgan fingerprint density at radius 3 is 2.21 bits per heavy atom. The molecule has 1 fully saturated rings. The summed E-state index contributed by atoms with van der Waals surface area (Å²) >= 11 is 0. The highest BCUT2D eigenvalue weighted by Crippen LogP contribution is 2.44. The van der Waals surface area contributed by atoms with E-state index < -0.39 is 17.6 Å². The van der Waals surface area contributed by atoms with Crippen LogP contribution in [0.1, 0.15) is 42.7 Å². The molecule has 34 heavy (non-hydrogen) atoms. The van der Waals surface area contributed by atoms with Crippen LogP contribution in [0, 0.1) is 0 Å². The zero-order chi connectivity index (χ0) is 24.1. The van der Waals surface area contributed by atoms with Gasteiger partial charge < -0.3 is 25.4 Å². The van der Waals surface area contributed by atoms with Crippen molar-refractivity contribution in [2.24, 2.45) is 0 Å². The number of hydrogen-bond acceptors (Lipinski definition) is 5. The molecule has 3 N–H and O–H groups in total. The molecule has 0 atom stereocenters. The van der Waals surface area contributed by atoms with Crippen LogP contribution in [0.3, 0.4) is 0 Å². The van der Waals surface area contributed by atoms with Gasteiger partial charge in [0.25, 0.3) is 0 Å². The van der Waals surface area contributed by atoms with Crippen LogP contribution in [-0.4, -0.2) is 66.8 Å². The molecule has 0 spiro atoms. The van der Waals surface area contributed by atoms with Gasteiger partial charge in [0.05, 0.1) is 12.0 Å². The largest absolute Gasteiger partial charge is 0.481 e. The Morgan fingerprint density at radius 2 is 1.62 bits per heavy atom. The number of hydrogen-bond donors (Lipinski definition) is 3. The smallest absolute Gasteiger partial charge is 0.407 e. The number of carbonyl (C=O) groups excluding carboxylic acids is 2. The molecule has 2 aliphatic rings. The van der Waals surface area contributed by atoms with Gasteiger partial charge in [-0.1, -0.05) is 48.5 Å². The van der Waals surface area contributed by atoms with Crippen molar-refractivity contribution in [3.05, 3.63) is 59.7 Å². The van der Waals surface area contributed by atoms with Crippen LogP contribution in [0.15, 0.2) is 48.5 Å². The summed E-state index contributed by atoms with van der Waals surface area (Å²) in [5.74, 6) is -1.28. The summed E-state index contributed by atoms with van der Waals surface area (Å²) in [6, 6.07) is 16.3. The average Bonchev–Trinajstić information content (AvgIpc) is 3.13. The molecule has 0 saturated carbocycles. The van der Waals surface area contributed by atoms with Crippen molar-refractivity contribution >= 4 is 18.0 Å². The van der Waals surface area contributed by atoms with Crippen LogP contribution < -0.4 is 10.6 Å². The van der Waals surface area contributed by atoms with Crippen molar-refractivity contribution < 1.29 is 24.2 Å². The Kier molecular flexibility index (Phi) is 7.17. The summed E-state index contributed by atoms with van der Waals surface area (Å²) in [6.45, 7) is 1.76. The number of carboxylic acid groups (broad SMARTS) is 1. The summed E-state index contributed by atoms with van der Waals surface area (Å²) in [6.07, 6.45) is 0.635. The number of nitrogens with zero attached hydrogens (tertiary/aromatic N) is 1. The fourth-order valence-corrected chi connectivity index (χ4v) is 4.92. The van der Waals surface area contributed by atoms with Crippen LogP contribution in [0.2, 0.25) is 0 Å². The van der Waals surface area contributed by atoms with E-state index in [1.165, 1.54) is 0 Å². The highest BCUT2D eigenvalue weighted by atomic mass is 16.5. The molecular weight excluding hydrogens is 434 g/mol. The van der Waals surface area contributed by atoms with Gasteiger partial charge in [0.1, 0.15) is 6.61 Å². The number of carboxylic acids is 1. The van der Waals surface area contributed by atoms with E-state index in [-0.39, 0.29) is 37.8 Å². The van der Waals surface area contributed by atoms with Gasteiger partial charge in [-0.2, -0.15) is 0 Å². The van der Waals surface area contributed by atoms with Gasteiger partial charge in [-0.15, -0.1) is 0 Å².